The fraction of sp³-hybridized carbons (Fsp3) is 0.333. The highest BCUT2D eigenvalue weighted by atomic mass is 19.1. The lowest BCUT2D eigenvalue weighted by Crippen LogP contribution is -2.34. The molecule has 1 aliphatic heterocycles. The first-order valence-corrected chi connectivity index (χ1v) is 10.5. The van der Waals surface area contributed by atoms with Gasteiger partial charge in [-0.25, -0.2) is 4.39 Å². The predicted molar refractivity (Wildman–Crippen MR) is 115 cm³/mol. The molecular weight excluding hydrogens is 379 g/mol. The minimum Gasteiger partial charge on any atom is -0.338 e. The molecule has 1 amide bonds. The van der Waals surface area contributed by atoms with E-state index in [0.717, 1.165) is 53.6 Å². The summed E-state index contributed by atoms with van der Waals surface area (Å²) in [6, 6.07) is 14.5. The van der Waals surface area contributed by atoms with Crippen LogP contribution in [0.2, 0.25) is 0 Å². The Morgan fingerprint density at radius 1 is 1.17 bits per heavy atom. The molecular formula is C24H25FN4O. The molecule has 0 spiro atoms. The van der Waals surface area contributed by atoms with Crippen molar-refractivity contribution in [2.45, 2.75) is 39.3 Å². The van der Waals surface area contributed by atoms with Crippen LogP contribution in [0.15, 0.2) is 48.5 Å². The summed E-state index contributed by atoms with van der Waals surface area (Å²) in [6.07, 6.45) is 3.37. The van der Waals surface area contributed by atoms with Crippen molar-refractivity contribution in [1.29, 1.82) is 0 Å². The number of hydrogen-bond donors (Lipinski definition) is 1. The van der Waals surface area contributed by atoms with Crippen molar-refractivity contribution < 1.29 is 9.18 Å². The van der Waals surface area contributed by atoms with E-state index in [1.807, 2.05) is 35.2 Å². The topological polar surface area (TPSA) is 50.2 Å². The summed E-state index contributed by atoms with van der Waals surface area (Å²) in [6.45, 7) is 3.90. The minimum atomic E-state index is -0.247. The Bertz CT molecular complexity index is 1100. The molecule has 0 bridgehead atoms. The molecule has 5 rings (SSSR count). The van der Waals surface area contributed by atoms with E-state index in [1.165, 1.54) is 30.7 Å². The van der Waals surface area contributed by atoms with Crippen molar-refractivity contribution in [3.8, 4) is 11.1 Å². The number of fused-ring (bicyclic) bond motifs is 1. The third-order valence-corrected chi connectivity index (χ3v) is 5.99. The number of nitrogens with zero attached hydrogens (tertiary/aromatic N) is 3. The molecule has 2 aliphatic rings. The SMILES string of the molecule is CC(=O)N1CCc2c(c(Nc3cccc(-c4cccc(F)c4)c3)nn2CC2CC2)C1. The first-order valence-electron chi connectivity index (χ1n) is 10.5. The van der Waals surface area contributed by atoms with Crippen molar-refractivity contribution >= 4 is 17.4 Å². The van der Waals surface area contributed by atoms with Gasteiger partial charge in [0, 0.05) is 43.4 Å². The van der Waals surface area contributed by atoms with Crippen molar-refractivity contribution in [2.75, 3.05) is 11.9 Å². The fourth-order valence-corrected chi connectivity index (χ4v) is 4.14. The first kappa shape index (κ1) is 18.9. The van der Waals surface area contributed by atoms with Crippen molar-refractivity contribution in [1.82, 2.24) is 14.7 Å². The number of halogens is 1. The van der Waals surface area contributed by atoms with Crippen LogP contribution >= 0.6 is 0 Å². The molecule has 1 aromatic heterocycles. The van der Waals surface area contributed by atoms with Gasteiger partial charge in [0.25, 0.3) is 0 Å². The summed E-state index contributed by atoms with van der Waals surface area (Å²) in [4.78, 5) is 13.8. The number of amides is 1. The number of nitrogens with one attached hydrogen (secondary N) is 1. The van der Waals surface area contributed by atoms with Gasteiger partial charge in [-0.15, -0.1) is 0 Å². The average molecular weight is 404 g/mol. The van der Waals surface area contributed by atoms with Gasteiger partial charge in [-0.2, -0.15) is 5.10 Å². The molecule has 2 heterocycles. The number of anilines is 2. The lowest BCUT2D eigenvalue weighted by Gasteiger charge is -2.26. The zero-order valence-corrected chi connectivity index (χ0v) is 17.1. The summed E-state index contributed by atoms with van der Waals surface area (Å²) in [7, 11) is 0. The van der Waals surface area contributed by atoms with Crippen molar-refractivity contribution in [3.05, 3.63) is 65.6 Å². The summed E-state index contributed by atoms with van der Waals surface area (Å²) in [5.74, 6) is 1.38. The van der Waals surface area contributed by atoms with Crippen LogP contribution in [0.3, 0.4) is 0 Å². The maximum absolute atomic E-state index is 13.6. The fourth-order valence-electron chi connectivity index (χ4n) is 4.14. The second kappa shape index (κ2) is 7.59. The molecule has 3 aromatic rings. The van der Waals surface area contributed by atoms with Crippen LogP contribution < -0.4 is 5.32 Å². The maximum atomic E-state index is 13.6. The van der Waals surface area contributed by atoms with Gasteiger partial charge in [0.05, 0.1) is 6.54 Å². The molecule has 0 radical (unpaired) electrons. The molecule has 0 atom stereocenters. The number of rotatable bonds is 5. The summed E-state index contributed by atoms with van der Waals surface area (Å²) >= 11 is 0. The quantitative estimate of drug-likeness (QED) is 0.668. The maximum Gasteiger partial charge on any atom is 0.219 e. The number of aromatic nitrogens is 2. The number of hydrogen-bond acceptors (Lipinski definition) is 3. The van der Waals surface area contributed by atoms with Crippen LogP contribution in [0.5, 0.6) is 0 Å². The summed E-state index contributed by atoms with van der Waals surface area (Å²) in [5.41, 5.74) is 5.02. The smallest absolute Gasteiger partial charge is 0.219 e. The molecule has 1 aliphatic carbocycles. The molecule has 1 fully saturated rings. The Morgan fingerprint density at radius 3 is 2.67 bits per heavy atom. The van der Waals surface area contributed by atoms with Gasteiger partial charge in [-0.05, 0) is 54.2 Å². The van der Waals surface area contributed by atoms with Crippen LogP contribution in [0.25, 0.3) is 11.1 Å². The van der Waals surface area contributed by atoms with Gasteiger partial charge in [0.1, 0.15) is 5.82 Å². The average Bonchev–Trinajstić information content (AvgIpc) is 3.50. The third-order valence-electron chi connectivity index (χ3n) is 5.99. The zero-order chi connectivity index (χ0) is 20.7. The standard InChI is InChI=1S/C24H25FN4O/c1-16(30)28-11-10-23-22(15-28)24(27-29(23)14-17-8-9-17)26-21-7-3-5-19(13-21)18-4-2-6-20(25)12-18/h2-7,12-13,17H,8-11,14-15H2,1H3,(H,26,27). The monoisotopic (exact) mass is 404 g/mol. The van der Waals surface area contributed by atoms with Crippen LogP contribution in [0, 0.1) is 11.7 Å². The lowest BCUT2D eigenvalue weighted by molar-refractivity contribution is -0.129. The van der Waals surface area contributed by atoms with E-state index in [0.29, 0.717) is 6.54 Å². The van der Waals surface area contributed by atoms with Crippen molar-refractivity contribution in [3.63, 3.8) is 0 Å². The summed E-state index contributed by atoms with van der Waals surface area (Å²) in [5, 5.41) is 8.35. The van der Waals surface area contributed by atoms with E-state index in [1.54, 1.807) is 13.0 Å². The lowest BCUT2D eigenvalue weighted by atomic mass is 10.0. The Hall–Kier alpha value is -3.15. The van der Waals surface area contributed by atoms with Gasteiger partial charge in [-0.3, -0.25) is 9.48 Å². The van der Waals surface area contributed by atoms with Gasteiger partial charge in [0.2, 0.25) is 5.91 Å². The van der Waals surface area contributed by atoms with Gasteiger partial charge < -0.3 is 10.2 Å². The van der Waals surface area contributed by atoms with Crippen molar-refractivity contribution in [2.24, 2.45) is 5.92 Å². The molecule has 30 heavy (non-hydrogen) atoms. The Labute approximate surface area is 175 Å². The molecule has 1 saturated carbocycles. The first-order chi connectivity index (χ1) is 14.6. The molecule has 2 aromatic carbocycles. The predicted octanol–water partition coefficient (Wildman–Crippen LogP) is 4.75. The number of carbonyl (C=O) groups excluding carboxylic acids is 1. The van der Waals surface area contributed by atoms with E-state index in [-0.39, 0.29) is 11.7 Å². The molecule has 154 valence electrons. The molecule has 6 heteroatoms. The molecule has 1 N–H and O–H groups in total. The Morgan fingerprint density at radius 2 is 1.93 bits per heavy atom. The largest absolute Gasteiger partial charge is 0.338 e. The van der Waals surface area contributed by atoms with Crippen LogP contribution in [0.4, 0.5) is 15.9 Å². The Kier molecular flexibility index (Phi) is 4.77. The van der Waals surface area contributed by atoms with Gasteiger partial charge in [0.15, 0.2) is 5.82 Å². The van der Waals surface area contributed by atoms with Crippen LogP contribution in [0.1, 0.15) is 31.0 Å². The van der Waals surface area contributed by atoms with E-state index >= 15 is 0 Å². The number of benzene rings is 2. The van der Waals surface area contributed by atoms with Gasteiger partial charge in [-0.1, -0.05) is 24.3 Å². The van der Waals surface area contributed by atoms with E-state index in [9.17, 15) is 9.18 Å². The molecule has 5 nitrogen and oxygen atoms in total. The second-order valence-corrected chi connectivity index (χ2v) is 8.31. The van der Waals surface area contributed by atoms with E-state index in [2.05, 4.69) is 10.00 Å². The van der Waals surface area contributed by atoms with E-state index < -0.39 is 0 Å². The zero-order valence-electron chi connectivity index (χ0n) is 17.1. The summed E-state index contributed by atoms with van der Waals surface area (Å²) < 4.78 is 15.8. The van der Waals surface area contributed by atoms with Crippen LogP contribution in [-0.4, -0.2) is 27.1 Å². The minimum absolute atomic E-state index is 0.0923. The third kappa shape index (κ3) is 3.82. The molecule has 0 unspecified atom stereocenters. The molecule has 0 saturated heterocycles. The number of carbonyl (C=O) groups is 1. The van der Waals surface area contributed by atoms with Crippen LogP contribution in [-0.2, 0) is 24.3 Å². The van der Waals surface area contributed by atoms with E-state index in [4.69, 9.17) is 5.10 Å². The highest BCUT2D eigenvalue weighted by molar-refractivity contribution is 5.75. The second-order valence-electron chi connectivity index (χ2n) is 8.31. The van der Waals surface area contributed by atoms with Gasteiger partial charge >= 0.3 is 0 Å². The highest BCUT2D eigenvalue weighted by Crippen LogP contribution is 2.35. The normalized spacial score (nSPS) is 15.7. The highest BCUT2D eigenvalue weighted by Gasteiger charge is 2.29. The Balaban J connectivity index is 1.46.